The second-order valence-electron chi connectivity index (χ2n) is 9.54. The van der Waals surface area contributed by atoms with Gasteiger partial charge in [0.05, 0.1) is 19.1 Å². The van der Waals surface area contributed by atoms with Gasteiger partial charge in [-0.05, 0) is 55.2 Å². The van der Waals surface area contributed by atoms with Crippen LogP contribution >= 0.6 is 23.2 Å². The summed E-state index contributed by atoms with van der Waals surface area (Å²) in [5.41, 5.74) is 0.915. The van der Waals surface area contributed by atoms with E-state index in [1.165, 1.54) is 23.1 Å². The van der Waals surface area contributed by atoms with Crippen molar-refractivity contribution >= 4 is 50.7 Å². The lowest BCUT2D eigenvalue weighted by atomic mass is 9.95. The first-order chi connectivity index (χ1) is 18.0. The summed E-state index contributed by atoms with van der Waals surface area (Å²) in [4.78, 5) is 28.7. The van der Waals surface area contributed by atoms with E-state index in [0.717, 1.165) is 48.2 Å². The first-order valence-electron chi connectivity index (χ1n) is 12.7. The van der Waals surface area contributed by atoms with Gasteiger partial charge < -0.3 is 15.0 Å². The van der Waals surface area contributed by atoms with Gasteiger partial charge in [-0.1, -0.05) is 61.5 Å². The Kier molecular flexibility index (Phi) is 10.7. The van der Waals surface area contributed by atoms with Gasteiger partial charge in [-0.15, -0.1) is 0 Å². The van der Waals surface area contributed by atoms with Gasteiger partial charge in [0.25, 0.3) is 0 Å². The van der Waals surface area contributed by atoms with Crippen molar-refractivity contribution in [1.29, 1.82) is 0 Å². The van der Waals surface area contributed by atoms with Crippen LogP contribution in [0, 0.1) is 0 Å². The predicted octanol–water partition coefficient (Wildman–Crippen LogP) is 5.02. The maximum absolute atomic E-state index is 13.8. The number of amides is 2. The van der Waals surface area contributed by atoms with Crippen LogP contribution in [0.15, 0.2) is 42.5 Å². The number of methoxy groups -OCH3 is 1. The summed E-state index contributed by atoms with van der Waals surface area (Å²) in [5, 5.41) is 3.59. The van der Waals surface area contributed by atoms with E-state index in [2.05, 4.69) is 5.32 Å². The Labute approximate surface area is 235 Å². The molecule has 1 N–H and O–H groups in total. The first-order valence-corrected chi connectivity index (χ1v) is 15.3. The third-order valence-electron chi connectivity index (χ3n) is 6.64. The molecular weight excluding hydrogens is 549 g/mol. The predicted molar refractivity (Wildman–Crippen MR) is 151 cm³/mol. The standard InChI is InChI=1S/C27H35Cl2N3O5S/c1-4-25(27(34)30-22-10-6-5-7-11-22)31(17-19-9-8-12-24(13-19)37-2)26(33)18-32(38(3,35)36)23-15-20(28)14-21(29)16-23/h8-9,12-16,22,25H,4-7,10-11,17-18H2,1-3H3,(H,30,34)/t25-/m1/s1. The minimum absolute atomic E-state index is 0.0696. The van der Waals surface area contributed by atoms with E-state index in [1.807, 2.05) is 13.0 Å². The molecule has 3 rings (SSSR count). The van der Waals surface area contributed by atoms with E-state index in [1.54, 1.807) is 25.3 Å². The molecule has 0 heterocycles. The van der Waals surface area contributed by atoms with Crippen LogP contribution in [0.25, 0.3) is 0 Å². The highest BCUT2D eigenvalue weighted by molar-refractivity contribution is 7.92. The zero-order valence-corrected chi connectivity index (χ0v) is 24.3. The summed E-state index contributed by atoms with van der Waals surface area (Å²) in [6.07, 6.45) is 6.44. The number of hydrogen-bond acceptors (Lipinski definition) is 5. The van der Waals surface area contributed by atoms with Crippen molar-refractivity contribution in [3.63, 3.8) is 0 Å². The smallest absolute Gasteiger partial charge is 0.244 e. The number of carbonyl (C=O) groups excluding carboxylic acids is 2. The first kappa shape index (κ1) is 30.1. The van der Waals surface area contributed by atoms with Crippen LogP contribution in [0.1, 0.15) is 51.0 Å². The summed E-state index contributed by atoms with van der Waals surface area (Å²) < 4.78 is 31.8. The monoisotopic (exact) mass is 583 g/mol. The quantitative estimate of drug-likeness (QED) is 0.400. The van der Waals surface area contributed by atoms with Crippen molar-refractivity contribution in [2.45, 2.75) is 64.1 Å². The molecule has 1 aliphatic rings. The molecule has 0 bridgehead atoms. The number of ether oxygens (including phenoxy) is 1. The number of sulfonamides is 1. The number of benzene rings is 2. The number of hydrogen-bond donors (Lipinski definition) is 1. The molecular formula is C27H35Cl2N3O5S. The highest BCUT2D eigenvalue weighted by Crippen LogP contribution is 2.28. The average molecular weight is 585 g/mol. The van der Waals surface area contributed by atoms with Crippen molar-refractivity contribution in [2.24, 2.45) is 0 Å². The fourth-order valence-electron chi connectivity index (χ4n) is 4.73. The Morgan fingerprint density at radius 2 is 1.74 bits per heavy atom. The SMILES string of the molecule is CC[C@H](C(=O)NC1CCCCC1)N(Cc1cccc(OC)c1)C(=O)CN(c1cc(Cl)cc(Cl)c1)S(C)(=O)=O. The van der Waals surface area contributed by atoms with Gasteiger partial charge in [0.15, 0.2) is 0 Å². The molecule has 1 aliphatic carbocycles. The normalized spacial score (nSPS) is 15.0. The van der Waals surface area contributed by atoms with Crippen LogP contribution in [0.2, 0.25) is 10.0 Å². The van der Waals surface area contributed by atoms with Crippen molar-refractivity contribution in [1.82, 2.24) is 10.2 Å². The zero-order chi connectivity index (χ0) is 27.9. The van der Waals surface area contributed by atoms with E-state index in [0.29, 0.717) is 12.2 Å². The molecule has 1 atom stereocenters. The van der Waals surface area contributed by atoms with Crippen LogP contribution in [-0.2, 0) is 26.2 Å². The molecule has 0 spiro atoms. The molecule has 1 saturated carbocycles. The topological polar surface area (TPSA) is 96.0 Å². The molecule has 1 fully saturated rings. The maximum Gasteiger partial charge on any atom is 0.244 e. The second kappa shape index (κ2) is 13.5. The van der Waals surface area contributed by atoms with Gasteiger partial charge >= 0.3 is 0 Å². The Bertz CT molecular complexity index is 1210. The van der Waals surface area contributed by atoms with Crippen molar-refractivity contribution < 1.29 is 22.7 Å². The van der Waals surface area contributed by atoms with Crippen LogP contribution in [0.3, 0.4) is 0 Å². The highest BCUT2D eigenvalue weighted by atomic mass is 35.5. The fraction of sp³-hybridized carbons (Fsp3) is 0.481. The number of nitrogens with zero attached hydrogens (tertiary/aromatic N) is 2. The molecule has 0 saturated heterocycles. The Hall–Kier alpha value is -2.49. The lowest BCUT2D eigenvalue weighted by Crippen LogP contribution is -2.53. The molecule has 38 heavy (non-hydrogen) atoms. The molecule has 2 amide bonds. The van der Waals surface area contributed by atoms with E-state index in [4.69, 9.17) is 27.9 Å². The van der Waals surface area contributed by atoms with Crippen molar-refractivity contribution in [2.75, 3.05) is 24.2 Å². The second-order valence-corrected chi connectivity index (χ2v) is 12.3. The number of halogens is 2. The zero-order valence-electron chi connectivity index (χ0n) is 22.0. The molecule has 0 aromatic heterocycles. The molecule has 2 aromatic rings. The fourth-order valence-corrected chi connectivity index (χ4v) is 6.08. The molecule has 208 valence electrons. The summed E-state index contributed by atoms with van der Waals surface area (Å²) in [7, 11) is -2.34. The van der Waals surface area contributed by atoms with E-state index < -0.39 is 28.5 Å². The number of nitrogens with one attached hydrogen (secondary N) is 1. The van der Waals surface area contributed by atoms with Gasteiger partial charge in [0.2, 0.25) is 21.8 Å². The Morgan fingerprint density at radius 1 is 1.08 bits per heavy atom. The highest BCUT2D eigenvalue weighted by Gasteiger charge is 2.33. The maximum atomic E-state index is 13.8. The number of rotatable bonds is 11. The molecule has 0 aliphatic heterocycles. The lowest BCUT2D eigenvalue weighted by Gasteiger charge is -2.34. The summed E-state index contributed by atoms with van der Waals surface area (Å²) >= 11 is 12.2. The van der Waals surface area contributed by atoms with Gasteiger partial charge in [-0.25, -0.2) is 8.42 Å². The van der Waals surface area contributed by atoms with Crippen LogP contribution in [0.4, 0.5) is 5.69 Å². The molecule has 2 aromatic carbocycles. The largest absolute Gasteiger partial charge is 0.497 e. The summed E-state index contributed by atoms with van der Waals surface area (Å²) in [5.74, 6) is -0.159. The minimum Gasteiger partial charge on any atom is -0.497 e. The third-order valence-corrected chi connectivity index (χ3v) is 8.22. The molecule has 8 nitrogen and oxygen atoms in total. The molecule has 11 heteroatoms. The van der Waals surface area contributed by atoms with Gasteiger partial charge in [0, 0.05) is 22.6 Å². The van der Waals surface area contributed by atoms with Crippen LogP contribution in [0.5, 0.6) is 5.75 Å². The van der Waals surface area contributed by atoms with Crippen molar-refractivity contribution in [3.8, 4) is 5.75 Å². The van der Waals surface area contributed by atoms with E-state index in [9.17, 15) is 18.0 Å². The Morgan fingerprint density at radius 3 is 2.32 bits per heavy atom. The van der Waals surface area contributed by atoms with Crippen molar-refractivity contribution in [3.05, 3.63) is 58.1 Å². The van der Waals surface area contributed by atoms with Crippen LogP contribution in [-0.4, -0.2) is 57.1 Å². The van der Waals surface area contributed by atoms with E-state index >= 15 is 0 Å². The van der Waals surface area contributed by atoms with Crippen LogP contribution < -0.4 is 14.4 Å². The van der Waals surface area contributed by atoms with E-state index in [-0.39, 0.29) is 34.2 Å². The molecule has 0 radical (unpaired) electrons. The minimum atomic E-state index is -3.89. The number of carbonyl (C=O) groups is 2. The summed E-state index contributed by atoms with van der Waals surface area (Å²) in [6.45, 7) is 1.41. The number of anilines is 1. The summed E-state index contributed by atoms with van der Waals surface area (Å²) in [6, 6.07) is 10.8. The van der Waals surface area contributed by atoms with Gasteiger partial charge in [0.1, 0.15) is 18.3 Å². The molecule has 0 unspecified atom stereocenters. The van der Waals surface area contributed by atoms with Gasteiger partial charge in [-0.3, -0.25) is 13.9 Å². The van der Waals surface area contributed by atoms with Gasteiger partial charge in [-0.2, -0.15) is 0 Å². The average Bonchev–Trinajstić information content (AvgIpc) is 2.86. The Balaban J connectivity index is 1.95. The lowest BCUT2D eigenvalue weighted by molar-refractivity contribution is -0.140. The third kappa shape index (κ3) is 8.25.